The lowest BCUT2D eigenvalue weighted by Gasteiger charge is -2.10. The molecule has 0 atom stereocenters. The normalized spacial score (nSPS) is 12.6. The summed E-state index contributed by atoms with van der Waals surface area (Å²) >= 11 is 6.03. The molecule has 2 heterocycles. The van der Waals surface area contributed by atoms with Crippen molar-refractivity contribution in [3.05, 3.63) is 104 Å². The average Bonchev–Trinajstić information content (AvgIpc) is 3.16. The maximum Gasteiger partial charge on any atom is 0.263 e. The summed E-state index contributed by atoms with van der Waals surface area (Å²) in [4.78, 5) is 36.7. The van der Waals surface area contributed by atoms with Gasteiger partial charge in [0.05, 0.1) is 18.0 Å². The fourth-order valence-corrected chi connectivity index (χ4v) is 3.78. The first-order chi connectivity index (χ1) is 16.2. The lowest BCUT2D eigenvalue weighted by molar-refractivity contribution is -0.115. The fourth-order valence-electron chi connectivity index (χ4n) is 3.55. The quantitative estimate of drug-likeness (QED) is 0.517. The number of nitrogens with one attached hydrogen (secondary N) is 2. The van der Waals surface area contributed by atoms with Gasteiger partial charge in [0.15, 0.2) is 17.5 Å². The summed E-state index contributed by atoms with van der Waals surface area (Å²) in [5.41, 5.74) is 1.48. The topological polar surface area (TPSA) is 80.2 Å². The van der Waals surface area contributed by atoms with Gasteiger partial charge in [-0.2, -0.15) is 0 Å². The van der Waals surface area contributed by atoms with Crippen molar-refractivity contribution in [3.8, 4) is 0 Å². The first-order valence-electron chi connectivity index (χ1n) is 10.1. The van der Waals surface area contributed by atoms with Gasteiger partial charge in [-0.15, -0.1) is 0 Å². The number of carbonyl (C=O) groups is 2. The van der Waals surface area contributed by atoms with E-state index in [0.29, 0.717) is 6.42 Å². The number of halogens is 4. The van der Waals surface area contributed by atoms with Crippen LogP contribution in [0.15, 0.2) is 53.5 Å². The minimum atomic E-state index is -1.61. The average molecular weight is 488 g/mol. The molecule has 3 aromatic rings. The highest BCUT2D eigenvalue weighted by molar-refractivity contribution is 6.30. The molecule has 0 saturated carbocycles. The van der Waals surface area contributed by atoms with Crippen LogP contribution < -0.4 is 16.2 Å². The van der Waals surface area contributed by atoms with Gasteiger partial charge >= 0.3 is 0 Å². The first-order valence-corrected chi connectivity index (χ1v) is 10.5. The molecule has 0 saturated heterocycles. The second-order valence-electron chi connectivity index (χ2n) is 7.63. The minimum Gasteiger partial charge on any atom is -0.348 e. The maximum atomic E-state index is 13.5. The molecule has 0 radical (unpaired) electrons. The summed E-state index contributed by atoms with van der Waals surface area (Å²) in [6, 6.07) is 8.22. The molecule has 6 nitrogen and oxygen atoms in total. The van der Waals surface area contributed by atoms with E-state index in [4.69, 9.17) is 11.6 Å². The number of nitrogens with zero attached hydrogens (tertiary/aromatic N) is 1. The molecule has 0 aliphatic carbocycles. The Bertz CT molecular complexity index is 1380. The Morgan fingerprint density at radius 3 is 2.59 bits per heavy atom. The molecular weight excluding hydrogens is 471 g/mol. The van der Waals surface area contributed by atoms with Crippen LogP contribution in [0.4, 0.5) is 18.9 Å². The molecular formula is C24H17ClF3N3O3. The monoisotopic (exact) mass is 487 g/mol. The number of pyridine rings is 1. The van der Waals surface area contributed by atoms with Crippen LogP contribution in [0.3, 0.4) is 0 Å². The van der Waals surface area contributed by atoms with Gasteiger partial charge in [-0.25, -0.2) is 13.2 Å². The Morgan fingerprint density at radius 1 is 1.12 bits per heavy atom. The van der Waals surface area contributed by atoms with Crippen molar-refractivity contribution in [2.75, 3.05) is 11.9 Å². The second kappa shape index (κ2) is 9.56. The highest BCUT2D eigenvalue weighted by Crippen LogP contribution is 2.24. The molecule has 0 unspecified atom stereocenters. The Balaban J connectivity index is 1.45. The molecule has 34 heavy (non-hydrogen) atoms. The zero-order valence-electron chi connectivity index (χ0n) is 17.5. The summed E-state index contributed by atoms with van der Waals surface area (Å²) in [5.74, 6) is -5.14. The van der Waals surface area contributed by atoms with Crippen molar-refractivity contribution in [1.29, 1.82) is 0 Å². The third-order valence-electron chi connectivity index (χ3n) is 5.14. The zero-order chi connectivity index (χ0) is 24.4. The molecule has 174 valence electrons. The molecule has 0 spiro atoms. The van der Waals surface area contributed by atoms with E-state index in [1.807, 2.05) is 18.2 Å². The van der Waals surface area contributed by atoms with Crippen LogP contribution in [0.25, 0.3) is 6.08 Å². The third-order valence-corrected chi connectivity index (χ3v) is 5.35. The largest absolute Gasteiger partial charge is 0.348 e. The van der Waals surface area contributed by atoms with Crippen LogP contribution in [0.5, 0.6) is 0 Å². The van der Waals surface area contributed by atoms with Crippen molar-refractivity contribution in [2.24, 2.45) is 0 Å². The van der Waals surface area contributed by atoms with E-state index in [2.05, 4.69) is 10.6 Å². The smallest absolute Gasteiger partial charge is 0.263 e. The number of aromatic nitrogens is 1. The number of hydrogen-bond donors (Lipinski definition) is 2. The Labute approximate surface area is 196 Å². The number of amides is 2. The van der Waals surface area contributed by atoms with E-state index in [1.54, 1.807) is 12.2 Å². The standard InChI is InChI=1S/C24H17ClF3N3O3/c25-16-10-17(24(34)31(12-16)11-14-6-18(26)22(28)19(27)7-14)23(33)29-5-1-2-13-3-4-15-9-21(32)30-20(15)8-13/h1-4,6-8,10,12H,5,9,11H2,(H,29,33)(H,30,32). The molecule has 1 aliphatic heterocycles. The van der Waals surface area contributed by atoms with Crippen LogP contribution in [0.2, 0.25) is 5.02 Å². The molecule has 2 N–H and O–H groups in total. The lowest BCUT2D eigenvalue weighted by atomic mass is 10.1. The number of hydrogen-bond acceptors (Lipinski definition) is 3. The van der Waals surface area contributed by atoms with Gasteiger partial charge in [0.1, 0.15) is 5.56 Å². The summed E-state index contributed by atoms with van der Waals surface area (Å²) in [6.07, 6.45) is 4.98. The van der Waals surface area contributed by atoms with E-state index in [1.165, 1.54) is 12.3 Å². The maximum absolute atomic E-state index is 13.5. The van der Waals surface area contributed by atoms with E-state index in [-0.39, 0.29) is 35.1 Å². The van der Waals surface area contributed by atoms with Gasteiger partial charge in [-0.1, -0.05) is 35.9 Å². The Morgan fingerprint density at radius 2 is 1.85 bits per heavy atom. The summed E-state index contributed by atoms with van der Waals surface area (Å²) in [6.45, 7) is -0.217. The number of anilines is 1. The second-order valence-corrected chi connectivity index (χ2v) is 8.07. The lowest BCUT2D eigenvalue weighted by Crippen LogP contribution is -2.33. The van der Waals surface area contributed by atoms with Crippen molar-refractivity contribution >= 4 is 35.2 Å². The van der Waals surface area contributed by atoms with Crippen LogP contribution in [-0.2, 0) is 17.8 Å². The predicted octanol–water partition coefficient (Wildman–Crippen LogP) is 3.91. The molecule has 2 aromatic carbocycles. The number of benzene rings is 2. The van der Waals surface area contributed by atoms with Crippen molar-refractivity contribution in [3.63, 3.8) is 0 Å². The van der Waals surface area contributed by atoms with Gasteiger partial charge in [0.2, 0.25) is 5.91 Å². The SMILES string of the molecule is O=C1Cc2ccc(C=CCNC(=O)c3cc(Cl)cn(Cc4cc(F)c(F)c(F)c4)c3=O)cc2N1. The molecule has 2 amide bonds. The Hall–Kier alpha value is -3.85. The summed E-state index contributed by atoms with van der Waals surface area (Å²) in [7, 11) is 0. The highest BCUT2D eigenvalue weighted by Gasteiger charge is 2.17. The van der Waals surface area contributed by atoms with E-state index in [9.17, 15) is 27.6 Å². The van der Waals surface area contributed by atoms with E-state index in [0.717, 1.165) is 33.5 Å². The number of rotatable bonds is 6. The molecule has 1 aromatic heterocycles. The molecule has 0 fully saturated rings. The van der Waals surface area contributed by atoms with Crippen molar-refractivity contribution < 1.29 is 22.8 Å². The van der Waals surface area contributed by atoms with Crippen molar-refractivity contribution in [1.82, 2.24) is 9.88 Å². The molecule has 4 rings (SSSR count). The van der Waals surface area contributed by atoms with Gasteiger partial charge in [-0.3, -0.25) is 14.4 Å². The first kappa shape index (κ1) is 23.3. The van der Waals surface area contributed by atoms with E-state index < -0.39 is 28.9 Å². The van der Waals surface area contributed by atoms with Gasteiger partial charge in [-0.05, 0) is 41.0 Å². The van der Waals surface area contributed by atoms with Gasteiger partial charge in [0.25, 0.3) is 11.5 Å². The predicted molar refractivity (Wildman–Crippen MR) is 121 cm³/mol. The fraction of sp³-hybridized carbons (Fsp3) is 0.125. The number of fused-ring (bicyclic) bond motifs is 1. The van der Waals surface area contributed by atoms with Crippen molar-refractivity contribution in [2.45, 2.75) is 13.0 Å². The molecule has 0 bridgehead atoms. The number of carbonyl (C=O) groups excluding carboxylic acids is 2. The highest BCUT2D eigenvalue weighted by atomic mass is 35.5. The van der Waals surface area contributed by atoms with Gasteiger partial charge in [0, 0.05) is 18.4 Å². The van der Waals surface area contributed by atoms with Gasteiger partial charge < -0.3 is 15.2 Å². The van der Waals surface area contributed by atoms with Crippen LogP contribution in [0.1, 0.15) is 27.0 Å². The van der Waals surface area contributed by atoms with Crippen LogP contribution in [0, 0.1) is 17.5 Å². The van der Waals surface area contributed by atoms with E-state index >= 15 is 0 Å². The van der Waals surface area contributed by atoms with Crippen LogP contribution >= 0.6 is 11.6 Å². The zero-order valence-corrected chi connectivity index (χ0v) is 18.3. The summed E-state index contributed by atoms with van der Waals surface area (Å²) < 4.78 is 41.2. The van der Waals surface area contributed by atoms with Crippen LogP contribution in [-0.4, -0.2) is 22.9 Å². The third kappa shape index (κ3) is 5.04. The molecule has 10 heteroatoms. The minimum absolute atomic E-state index is 0.0133. The molecule has 1 aliphatic rings. The summed E-state index contributed by atoms with van der Waals surface area (Å²) in [5, 5.41) is 5.39. The Kier molecular flexibility index (Phi) is 6.56.